The van der Waals surface area contributed by atoms with Crippen molar-refractivity contribution in [3.8, 4) is 17.0 Å². The molecule has 0 unspecified atom stereocenters. The maximum Gasteiger partial charge on any atom is 0.401 e. The summed E-state index contributed by atoms with van der Waals surface area (Å²) in [4.78, 5) is 20.4. The van der Waals surface area contributed by atoms with Gasteiger partial charge >= 0.3 is 12.2 Å². The summed E-state index contributed by atoms with van der Waals surface area (Å²) in [6.45, 7) is 4.89. The largest absolute Gasteiger partial charge is 0.492 e. The number of hydrogen-bond acceptors (Lipinski definition) is 8. The van der Waals surface area contributed by atoms with E-state index in [2.05, 4.69) is 20.7 Å². The Morgan fingerprint density at radius 1 is 1.07 bits per heavy atom. The molecule has 0 radical (unpaired) electrons. The van der Waals surface area contributed by atoms with E-state index in [0.29, 0.717) is 12.3 Å². The van der Waals surface area contributed by atoms with E-state index >= 15 is 0 Å². The molecule has 2 aromatic carbocycles. The maximum absolute atomic E-state index is 13.3. The SMILES string of the molecule is O=C(Nc1ccc(-c2cn3c(n2)sc2cc(OCCN4CCOCC4)ccc23)cc1)Nc1cc(C2(C(F)(F)F)CC2)on1. The Kier molecular flexibility index (Phi) is 6.98. The van der Waals surface area contributed by atoms with Gasteiger partial charge in [0.2, 0.25) is 0 Å². The fourth-order valence-corrected chi connectivity index (χ4v) is 6.22. The Balaban J connectivity index is 0.969. The third kappa shape index (κ3) is 5.53. The van der Waals surface area contributed by atoms with Crippen molar-refractivity contribution in [2.45, 2.75) is 24.4 Å². The summed E-state index contributed by atoms with van der Waals surface area (Å²) in [6, 6.07) is 13.6. The summed E-state index contributed by atoms with van der Waals surface area (Å²) in [7, 11) is 0. The van der Waals surface area contributed by atoms with Crippen LogP contribution in [0.4, 0.5) is 29.5 Å². The van der Waals surface area contributed by atoms with Gasteiger partial charge in [-0.1, -0.05) is 28.6 Å². The molecule has 0 spiro atoms. The van der Waals surface area contributed by atoms with Crippen molar-refractivity contribution in [1.29, 1.82) is 0 Å². The Morgan fingerprint density at radius 2 is 1.86 bits per heavy atom. The number of thiazole rings is 1. The number of alkyl halides is 3. The fraction of sp³-hybridized carbons (Fsp3) is 0.345. The van der Waals surface area contributed by atoms with Crippen LogP contribution in [-0.4, -0.2) is 71.1 Å². The molecule has 7 rings (SSSR count). The van der Waals surface area contributed by atoms with E-state index in [4.69, 9.17) is 19.0 Å². The van der Waals surface area contributed by atoms with Crippen molar-refractivity contribution in [2.24, 2.45) is 0 Å². The molecule has 2 aliphatic rings. The summed E-state index contributed by atoms with van der Waals surface area (Å²) in [6.07, 6.45) is -2.56. The summed E-state index contributed by atoms with van der Waals surface area (Å²) < 4.78 is 59.3. The second kappa shape index (κ2) is 10.8. The number of benzene rings is 2. The highest BCUT2D eigenvalue weighted by Gasteiger charge is 2.66. The number of ether oxygens (including phenoxy) is 2. The van der Waals surface area contributed by atoms with Crippen LogP contribution in [0.15, 0.2) is 59.3 Å². The number of nitrogens with zero attached hydrogens (tertiary/aromatic N) is 4. The van der Waals surface area contributed by atoms with E-state index in [1.807, 2.05) is 40.9 Å². The van der Waals surface area contributed by atoms with Crippen LogP contribution in [0, 0.1) is 0 Å². The van der Waals surface area contributed by atoms with Gasteiger partial charge in [0.1, 0.15) is 17.8 Å². The Labute approximate surface area is 247 Å². The first kappa shape index (κ1) is 27.7. The topological polar surface area (TPSA) is 106 Å². The number of hydrogen-bond donors (Lipinski definition) is 2. The minimum Gasteiger partial charge on any atom is -0.492 e. The van der Waals surface area contributed by atoms with Gasteiger partial charge in [-0.3, -0.25) is 14.6 Å². The van der Waals surface area contributed by atoms with Gasteiger partial charge in [0.15, 0.2) is 16.5 Å². The lowest BCUT2D eigenvalue weighted by molar-refractivity contribution is -0.165. The number of carbonyl (C=O) groups excluding carboxylic acids is 1. The molecule has 2 amide bonds. The van der Waals surface area contributed by atoms with Gasteiger partial charge in [0.05, 0.1) is 29.1 Å². The molecule has 1 saturated heterocycles. The van der Waals surface area contributed by atoms with E-state index in [0.717, 1.165) is 71.1 Å². The van der Waals surface area contributed by atoms with Crippen molar-refractivity contribution in [3.63, 3.8) is 0 Å². The van der Waals surface area contributed by atoms with Crippen molar-refractivity contribution >= 4 is 44.1 Å². The van der Waals surface area contributed by atoms with Gasteiger partial charge in [-0.05, 0) is 43.2 Å². The minimum absolute atomic E-state index is 0.0550. The smallest absolute Gasteiger partial charge is 0.401 e. The zero-order valence-corrected chi connectivity index (χ0v) is 23.6. The van der Waals surface area contributed by atoms with Crippen LogP contribution in [0.5, 0.6) is 5.75 Å². The molecule has 0 bridgehead atoms. The Bertz CT molecular complexity index is 1770. The van der Waals surface area contributed by atoms with E-state index in [1.54, 1.807) is 23.5 Å². The van der Waals surface area contributed by atoms with E-state index in [9.17, 15) is 18.0 Å². The number of carbonyl (C=O) groups is 1. The number of amides is 2. The Morgan fingerprint density at radius 3 is 2.60 bits per heavy atom. The molecule has 2 N–H and O–H groups in total. The molecular weight excluding hydrogens is 585 g/mol. The zero-order valence-electron chi connectivity index (χ0n) is 22.8. The second-order valence-electron chi connectivity index (χ2n) is 10.6. The molecule has 1 saturated carbocycles. The number of nitrogens with one attached hydrogen (secondary N) is 2. The van der Waals surface area contributed by atoms with Gasteiger partial charge in [-0.2, -0.15) is 13.2 Å². The van der Waals surface area contributed by atoms with Crippen molar-refractivity contribution < 1.29 is 32.0 Å². The number of fused-ring (bicyclic) bond motifs is 3. The van der Waals surface area contributed by atoms with Crippen LogP contribution < -0.4 is 15.4 Å². The number of aromatic nitrogens is 3. The molecule has 224 valence electrons. The summed E-state index contributed by atoms with van der Waals surface area (Å²) in [5, 5.41) is 8.64. The standard InChI is InChI=1S/C29H27F3N6O4S/c30-29(31,32)28(7-8-28)24-16-25(36-42-24)35-26(39)33-19-3-1-18(2-4-19)21-17-38-22-6-5-20(15-23(22)43-27(38)34-21)41-14-11-37-9-12-40-13-10-37/h1-6,15-17H,7-14H2,(H2,33,35,36,39). The molecule has 1 aliphatic carbocycles. The lowest BCUT2D eigenvalue weighted by atomic mass is 10.0. The van der Waals surface area contributed by atoms with Crippen LogP contribution in [0.3, 0.4) is 0 Å². The Hall–Kier alpha value is -4.14. The van der Waals surface area contributed by atoms with Crippen LogP contribution in [-0.2, 0) is 10.2 Å². The number of halogens is 3. The average Bonchev–Trinajstić information content (AvgIpc) is 3.34. The van der Waals surface area contributed by atoms with Crippen molar-refractivity contribution in [3.05, 3.63) is 60.5 Å². The summed E-state index contributed by atoms with van der Waals surface area (Å²) >= 11 is 1.58. The fourth-order valence-electron chi connectivity index (χ4n) is 5.18. The predicted octanol–water partition coefficient (Wildman–Crippen LogP) is 6.15. The number of rotatable bonds is 8. The van der Waals surface area contributed by atoms with Crippen molar-refractivity contribution in [1.82, 2.24) is 19.4 Å². The second-order valence-corrected chi connectivity index (χ2v) is 11.6. The van der Waals surface area contributed by atoms with Crippen molar-refractivity contribution in [2.75, 3.05) is 50.1 Å². The summed E-state index contributed by atoms with van der Waals surface area (Å²) in [5.74, 6) is 0.451. The predicted molar refractivity (Wildman–Crippen MR) is 155 cm³/mol. The lowest BCUT2D eigenvalue weighted by Gasteiger charge is -2.26. The van der Waals surface area contributed by atoms with E-state index < -0.39 is 17.6 Å². The molecule has 3 aromatic heterocycles. The first-order valence-electron chi connectivity index (χ1n) is 13.8. The van der Waals surface area contributed by atoms with Crippen LogP contribution >= 0.6 is 11.3 Å². The highest BCUT2D eigenvalue weighted by Crippen LogP contribution is 2.59. The number of urea groups is 1. The first-order chi connectivity index (χ1) is 20.8. The molecule has 5 aromatic rings. The van der Waals surface area contributed by atoms with Gasteiger partial charge in [-0.25, -0.2) is 9.78 Å². The number of morpholine rings is 1. The minimum atomic E-state index is -4.42. The van der Waals surface area contributed by atoms with Gasteiger partial charge in [-0.15, -0.1) is 0 Å². The summed E-state index contributed by atoms with van der Waals surface area (Å²) in [5.41, 5.74) is 1.17. The molecule has 4 heterocycles. The average molecular weight is 613 g/mol. The third-order valence-electron chi connectivity index (χ3n) is 7.80. The zero-order chi connectivity index (χ0) is 29.6. The van der Waals surface area contributed by atoms with E-state index in [-0.39, 0.29) is 24.4 Å². The maximum atomic E-state index is 13.3. The number of imidazole rings is 1. The van der Waals surface area contributed by atoms with Gasteiger partial charge in [0, 0.05) is 43.1 Å². The quantitative estimate of drug-likeness (QED) is 0.216. The molecule has 2 fully saturated rings. The molecule has 1 aliphatic heterocycles. The van der Waals surface area contributed by atoms with E-state index in [1.165, 1.54) is 0 Å². The number of anilines is 2. The van der Waals surface area contributed by atoms with Gasteiger partial charge < -0.3 is 19.3 Å². The highest BCUT2D eigenvalue weighted by molar-refractivity contribution is 7.23. The lowest BCUT2D eigenvalue weighted by Crippen LogP contribution is -2.38. The highest BCUT2D eigenvalue weighted by atomic mass is 32.1. The first-order valence-corrected chi connectivity index (χ1v) is 14.7. The van der Waals surface area contributed by atoms with Gasteiger partial charge in [0.25, 0.3) is 0 Å². The van der Waals surface area contributed by atoms with Crippen LogP contribution in [0.1, 0.15) is 18.6 Å². The monoisotopic (exact) mass is 612 g/mol. The molecular formula is C29H27F3N6O4S. The normalized spacial score (nSPS) is 16.9. The molecule has 0 atom stereocenters. The molecule has 10 nitrogen and oxygen atoms in total. The van der Waals surface area contributed by atoms with Crippen LogP contribution in [0.2, 0.25) is 0 Å². The molecule has 14 heteroatoms. The van der Waals surface area contributed by atoms with Crippen LogP contribution in [0.25, 0.3) is 26.4 Å². The molecule has 43 heavy (non-hydrogen) atoms. The third-order valence-corrected chi connectivity index (χ3v) is 8.82.